The molecule has 0 saturated carbocycles. The molecule has 0 radical (unpaired) electrons. The minimum Gasteiger partial charge on any atom is -0.466 e. The van der Waals surface area contributed by atoms with E-state index in [2.05, 4.69) is 4.74 Å². The molecule has 2 nitrogen and oxygen atoms in total. The first-order chi connectivity index (χ1) is 9.25. The lowest BCUT2D eigenvalue weighted by atomic mass is 10.00. The molecule has 0 amide bonds. The standard InChI is InChI=1S/C13H13F5O2/c1-2-20-11(19)6-3-8-7-9(13(16,17)18)4-5-10(8)12(14)15/h4-5,7,12H,2-3,6H2,1H3. The van der Waals surface area contributed by atoms with Gasteiger partial charge in [0.15, 0.2) is 0 Å². The normalized spacial score (nSPS) is 11.8. The van der Waals surface area contributed by atoms with Crippen LogP contribution >= 0.6 is 0 Å². The Kier molecular flexibility index (Phi) is 5.47. The number of rotatable bonds is 5. The third kappa shape index (κ3) is 4.47. The fraction of sp³-hybridized carbons (Fsp3) is 0.462. The molecule has 0 atom stereocenters. The molecule has 0 unspecified atom stereocenters. The fourth-order valence-electron chi connectivity index (χ4n) is 1.68. The van der Waals surface area contributed by atoms with Crippen LogP contribution in [0.25, 0.3) is 0 Å². The predicted octanol–water partition coefficient (Wildman–Crippen LogP) is 4.14. The minimum absolute atomic E-state index is 0.128. The van der Waals surface area contributed by atoms with Crippen molar-refractivity contribution in [2.75, 3.05) is 6.61 Å². The molecule has 20 heavy (non-hydrogen) atoms. The van der Waals surface area contributed by atoms with Crippen LogP contribution in [0.2, 0.25) is 0 Å². The Morgan fingerprint density at radius 2 is 1.95 bits per heavy atom. The van der Waals surface area contributed by atoms with Gasteiger partial charge in [-0.25, -0.2) is 8.78 Å². The van der Waals surface area contributed by atoms with Gasteiger partial charge in [0.25, 0.3) is 6.43 Å². The number of halogens is 5. The first kappa shape index (κ1) is 16.4. The molecule has 1 aromatic rings. The molecular formula is C13H13F5O2. The molecule has 0 N–H and O–H groups in total. The zero-order valence-electron chi connectivity index (χ0n) is 10.6. The smallest absolute Gasteiger partial charge is 0.416 e. The predicted molar refractivity (Wildman–Crippen MR) is 61.4 cm³/mol. The van der Waals surface area contributed by atoms with Gasteiger partial charge in [0.1, 0.15) is 0 Å². The Morgan fingerprint density at radius 3 is 2.45 bits per heavy atom. The second-order valence-electron chi connectivity index (χ2n) is 4.02. The van der Waals surface area contributed by atoms with Crippen molar-refractivity contribution in [3.8, 4) is 0 Å². The molecule has 0 spiro atoms. The highest BCUT2D eigenvalue weighted by Crippen LogP contribution is 2.33. The van der Waals surface area contributed by atoms with Crippen molar-refractivity contribution < 1.29 is 31.5 Å². The van der Waals surface area contributed by atoms with E-state index in [0.717, 1.165) is 6.07 Å². The summed E-state index contributed by atoms with van der Waals surface area (Å²) in [4.78, 5) is 11.1. The van der Waals surface area contributed by atoms with Crippen LogP contribution in [0.15, 0.2) is 18.2 Å². The van der Waals surface area contributed by atoms with Crippen LogP contribution in [-0.4, -0.2) is 12.6 Å². The minimum atomic E-state index is -4.61. The van der Waals surface area contributed by atoms with Crippen molar-refractivity contribution in [2.24, 2.45) is 0 Å². The average molecular weight is 296 g/mol. The maximum Gasteiger partial charge on any atom is 0.416 e. The highest BCUT2D eigenvalue weighted by Gasteiger charge is 2.31. The highest BCUT2D eigenvalue weighted by molar-refractivity contribution is 5.69. The summed E-state index contributed by atoms with van der Waals surface area (Å²) in [7, 11) is 0. The van der Waals surface area contributed by atoms with Gasteiger partial charge in [-0.1, -0.05) is 6.07 Å². The lowest BCUT2D eigenvalue weighted by Gasteiger charge is -2.13. The maximum atomic E-state index is 12.7. The van der Waals surface area contributed by atoms with E-state index in [1.54, 1.807) is 6.92 Å². The van der Waals surface area contributed by atoms with Gasteiger partial charge < -0.3 is 4.74 Å². The molecule has 1 rings (SSSR count). The summed E-state index contributed by atoms with van der Waals surface area (Å²) in [6.07, 6.45) is -7.97. The Hall–Kier alpha value is -1.66. The lowest BCUT2D eigenvalue weighted by Crippen LogP contribution is -2.09. The van der Waals surface area contributed by atoms with Gasteiger partial charge in [0.2, 0.25) is 0 Å². The van der Waals surface area contributed by atoms with Crippen LogP contribution in [0.5, 0.6) is 0 Å². The molecule has 0 bridgehead atoms. The van der Waals surface area contributed by atoms with Gasteiger partial charge in [-0.15, -0.1) is 0 Å². The molecule has 0 fully saturated rings. The molecule has 0 heterocycles. The molecule has 0 aromatic heterocycles. The van der Waals surface area contributed by atoms with E-state index in [9.17, 15) is 26.7 Å². The molecular weight excluding hydrogens is 283 g/mol. The van der Waals surface area contributed by atoms with Crippen LogP contribution < -0.4 is 0 Å². The Labute approximate surface area is 112 Å². The number of benzene rings is 1. The van der Waals surface area contributed by atoms with Gasteiger partial charge in [-0.05, 0) is 31.0 Å². The highest BCUT2D eigenvalue weighted by atomic mass is 19.4. The van der Waals surface area contributed by atoms with Gasteiger partial charge in [0, 0.05) is 12.0 Å². The third-order valence-electron chi connectivity index (χ3n) is 2.61. The number of hydrogen-bond acceptors (Lipinski definition) is 2. The summed E-state index contributed by atoms with van der Waals surface area (Å²) < 4.78 is 67.7. The molecule has 112 valence electrons. The van der Waals surface area contributed by atoms with Gasteiger partial charge in [0.05, 0.1) is 12.2 Å². The second kappa shape index (κ2) is 6.67. The molecule has 7 heteroatoms. The zero-order valence-corrected chi connectivity index (χ0v) is 10.6. The van der Waals surface area contributed by atoms with E-state index >= 15 is 0 Å². The molecule has 1 aromatic carbocycles. The molecule has 0 saturated heterocycles. The van der Waals surface area contributed by atoms with E-state index in [4.69, 9.17) is 0 Å². The maximum absolute atomic E-state index is 12.7. The van der Waals surface area contributed by atoms with E-state index in [-0.39, 0.29) is 25.0 Å². The van der Waals surface area contributed by atoms with Crippen molar-refractivity contribution in [3.63, 3.8) is 0 Å². The average Bonchev–Trinajstić information content (AvgIpc) is 2.35. The first-order valence-corrected chi connectivity index (χ1v) is 5.89. The summed E-state index contributed by atoms with van der Waals surface area (Å²) in [5, 5.41) is 0. The Balaban J connectivity index is 2.98. The Morgan fingerprint density at radius 1 is 1.30 bits per heavy atom. The van der Waals surface area contributed by atoms with Crippen molar-refractivity contribution in [1.29, 1.82) is 0 Å². The lowest BCUT2D eigenvalue weighted by molar-refractivity contribution is -0.143. The molecule has 0 aliphatic rings. The monoisotopic (exact) mass is 296 g/mol. The SMILES string of the molecule is CCOC(=O)CCc1cc(C(F)(F)F)ccc1C(F)F. The number of esters is 1. The van der Waals surface area contributed by atoms with E-state index in [1.165, 1.54) is 0 Å². The van der Waals surface area contributed by atoms with Crippen molar-refractivity contribution >= 4 is 5.97 Å². The number of aryl methyl sites for hydroxylation is 1. The van der Waals surface area contributed by atoms with Crippen LogP contribution in [0.3, 0.4) is 0 Å². The Bertz CT molecular complexity index is 468. The first-order valence-electron chi connectivity index (χ1n) is 5.89. The van der Waals surface area contributed by atoms with Crippen LogP contribution in [0, 0.1) is 0 Å². The molecule has 0 aliphatic heterocycles. The van der Waals surface area contributed by atoms with Gasteiger partial charge in [-0.2, -0.15) is 13.2 Å². The van der Waals surface area contributed by atoms with Crippen molar-refractivity contribution in [3.05, 3.63) is 34.9 Å². The van der Waals surface area contributed by atoms with Gasteiger partial charge >= 0.3 is 12.1 Å². The summed E-state index contributed by atoms with van der Waals surface area (Å²) >= 11 is 0. The topological polar surface area (TPSA) is 26.3 Å². The molecule has 0 aliphatic carbocycles. The summed E-state index contributed by atoms with van der Waals surface area (Å²) in [5.41, 5.74) is -1.70. The summed E-state index contributed by atoms with van der Waals surface area (Å²) in [6.45, 7) is 1.70. The number of alkyl halides is 5. The third-order valence-corrected chi connectivity index (χ3v) is 2.61. The number of carbonyl (C=O) groups is 1. The van der Waals surface area contributed by atoms with Crippen LogP contribution in [-0.2, 0) is 22.1 Å². The van der Waals surface area contributed by atoms with E-state index < -0.39 is 29.7 Å². The fourth-order valence-corrected chi connectivity index (χ4v) is 1.68. The quantitative estimate of drug-likeness (QED) is 0.603. The number of carbonyl (C=O) groups excluding carboxylic acids is 1. The van der Waals surface area contributed by atoms with E-state index in [0.29, 0.717) is 12.1 Å². The zero-order chi connectivity index (χ0) is 15.3. The second-order valence-corrected chi connectivity index (χ2v) is 4.02. The van der Waals surface area contributed by atoms with E-state index in [1.807, 2.05) is 0 Å². The summed E-state index contributed by atoms with van der Waals surface area (Å²) in [5.74, 6) is -0.634. The largest absolute Gasteiger partial charge is 0.466 e. The number of ether oxygens (including phenoxy) is 1. The van der Waals surface area contributed by atoms with Crippen molar-refractivity contribution in [2.45, 2.75) is 32.4 Å². The van der Waals surface area contributed by atoms with Gasteiger partial charge in [-0.3, -0.25) is 4.79 Å². The summed E-state index contributed by atoms with van der Waals surface area (Å²) in [6, 6.07) is 2.00. The van der Waals surface area contributed by atoms with Crippen LogP contribution in [0.1, 0.15) is 36.5 Å². The number of hydrogen-bond donors (Lipinski definition) is 0. The van der Waals surface area contributed by atoms with Crippen LogP contribution in [0.4, 0.5) is 22.0 Å². The van der Waals surface area contributed by atoms with Crippen molar-refractivity contribution in [1.82, 2.24) is 0 Å².